The highest BCUT2D eigenvalue weighted by Crippen LogP contribution is 2.33. The molecule has 0 radical (unpaired) electrons. The maximum Gasteiger partial charge on any atom is 0.407 e. The maximum absolute atomic E-state index is 11.8. The van der Waals surface area contributed by atoms with E-state index < -0.39 is 6.09 Å². The average Bonchev–Trinajstić information content (AvgIpc) is 2.96. The van der Waals surface area contributed by atoms with Crippen LogP contribution < -0.4 is 15.4 Å². The molecule has 41 heavy (non-hydrogen) atoms. The number of hydrogen-bond donors (Lipinski definition) is 2. The number of ether oxygens (including phenoxy) is 4. The molecule has 1 aromatic carbocycles. The number of carbonyl (C=O) groups excluding carboxylic acids is 1. The van der Waals surface area contributed by atoms with Crippen molar-refractivity contribution in [1.82, 2.24) is 10.6 Å². The van der Waals surface area contributed by atoms with Crippen molar-refractivity contribution in [2.45, 2.75) is 85.2 Å². The topological polar surface area (TPSA) is 103 Å². The predicted molar refractivity (Wildman–Crippen MR) is 163 cm³/mol. The molecular formula is C32H52N4O5. The van der Waals surface area contributed by atoms with Gasteiger partial charge in [0.05, 0.1) is 45.6 Å². The van der Waals surface area contributed by atoms with Gasteiger partial charge in [-0.1, -0.05) is 52.5 Å². The zero-order valence-corrected chi connectivity index (χ0v) is 25.9. The molecule has 1 saturated carbocycles. The van der Waals surface area contributed by atoms with Crippen molar-refractivity contribution in [2.24, 2.45) is 22.1 Å². The van der Waals surface area contributed by atoms with Gasteiger partial charge in [0.1, 0.15) is 18.0 Å². The lowest BCUT2D eigenvalue weighted by Crippen LogP contribution is -2.27. The fraction of sp³-hybridized carbons (Fsp3) is 0.719. The van der Waals surface area contributed by atoms with Crippen molar-refractivity contribution in [3.8, 4) is 17.6 Å². The molecule has 230 valence electrons. The van der Waals surface area contributed by atoms with E-state index in [0.29, 0.717) is 64.1 Å². The van der Waals surface area contributed by atoms with Gasteiger partial charge < -0.3 is 29.6 Å². The minimum Gasteiger partial charge on any atom is -0.489 e. The van der Waals surface area contributed by atoms with E-state index in [9.17, 15) is 4.79 Å². The van der Waals surface area contributed by atoms with Crippen LogP contribution in [0.5, 0.6) is 5.75 Å². The van der Waals surface area contributed by atoms with E-state index >= 15 is 0 Å². The van der Waals surface area contributed by atoms with Gasteiger partial charge in [0.2, 0.25) is 0 Å². The van der Waals surface area contributed by atoms with Crippen LogP contribution in [-0.2, 0) is 20.6 Å². The Kier molecular flexibility index (Phi) is 17.8. The number of alkyl carbamates (subject to hydrolysis) is 1. The van der Waals surface area contributed by atoms with Crippen molar-refractivity contribution in [2.75, 3.05) is 52.7 Å². The van der Waals surface area contributed by atoms with Crippen molar-refractivity contribution in [3.63, 3.8) is 0 Å². The second-order valence-electron chi connectivity index (χ2n) is 11.0. The molecule has 2 rings (SSSR count). The minimum absolute atomic E-state index is 0.201. The first-order chi connectivity index (χ1) is 19.9. The SMILES string of the molecule is CCc1ccc(OCCOCCOCCNC(C)C)c(/N=N/C2CCC(CCOC(=O)NCC#CC(C)C)CC2)c1. The summed E-state index contributed by atoms with van der Waals surface area (Å²) in [5.41, 5.74) is 1.97. The van der Waals surface area contributed by atoms with E-state index in [1.54, 1.807) is 0 Å². The Morgan fingerprint density at radius 1 is 1.00 bits per heavy atom. The van der Waals surface area contributed by atoms with Gasteiger partial charge in [-0.3, -0.25) is 0 Å². The molecule has 0 atom stereocenters. The molecule has 0 bridgehead atoms. The number of azo groups is 1. The van der Waals surface area contributed by atoms with Gasteiger partial charge in [-0.05, 0) is 62.1 Å². The summed E-state index contributed by atoms with van der Waals surface area (Å²) in [6.07, 6.45) is 5.48. The van der Waals surface area contributed by atoms with Crippen LogP contribution in [0, 0.1) is 23.7 Å². The van der Waals surface area contributed by atoms with E-state index in [4.69, 9.17) is 18.9 Å². The number of aryl methyl sites for hydroxylation is 1. The van der Waals surface area contributed by atoms with Crippen LogP contribution >= 0.6 is 0 Å². The van der Waals surface area contributed by atoms with Gasteiger partial charge >= 0.3 is 6.09 Å². The summed E-state index contributed by atoms with van der Waals surface area (Å²) in [4.78, 5) is 11.8. The zero-order chi connectivity index (χ0) is 29.7. The Morgan fingerprint density at radius 3 is 2.44 bits per heavy atom. The highest BCUT2D eigenvalue weighted by atomic mass is 16.6. The summed E-state index contributed by atoms with van der Waals surface area (Å²) in [6, 6.07) is 6.77. The highest BCUT2D eigenvalue weighted by Gasteiger charge is 2.21. The Hall–Kier alpha value is -2.67. The van der Waals surface area contributed by atoms with Gasteiger partial charge in [0.15, 0.2) is 0 Å². The van der Waals surface area contributed by atoms with Crippen molar-refractivity contribution in [3.05, 3.63) is 23.8 Å². The summed E-state index contributed by atoms with van der Waals surface area (Å²) < 4.78 is 22.5. The number of hydrogen-bond acceptors (Lipinski definition) is 8. The molecule has 0 heterocycles. The fourth-order valence-electron chi connectivity index (χ4n) is 4.37. The number of nitrogens with zero attached hydrogens (tertiary/aromatic N) is 2. The standard InChI is InChI=1S/C32H52N4O5/c1-6-27-11-14-31(40-23-22-39-21-20-38-19-17-33-26(4)5)30(24-27)36-35-29-12-9-28(10-13-29)15-18-41-32(37)34-16-7-8-25(2)3/h11,14,24-26,28-29,33H,6,9-10,12-13,15-23H2,1-5H3,(H,34,37)/b36-35+. The maximum atomic E-state index is 11.8. The van der Waals surface area contributed by atoms with E-state index in [0.717, 1.165) is 56.5 Å². The summed E-state index contributed by atoms with van der Waals surface area (Å²) >= 11 is 0. The van der Waals surface area contributed by atoms with Crippen LogP contribution in [-0.4, -0.2) is 70.9 Å². The van der Waals surface area contributed by atoms with Crippen LogP contribution in [0.25, 0.3) is 0 Å². The quantitative estimate of drug-likeness (QED) is 0.126. The fourth-order valence-corrected chi connectivity index (χ4v) is 4.37. The number of nitrogens with one attached hydrogen (secondary N) is 2. The van der Waals surface area contributed by atoms with E-state index in [-0.39, 0.29) is 6.04 Å². The minimum atomic E-state index is -0.399. The first kappa shape index (κ1) is 34.5. The molecule has 9 nitrogen and oxygen atoms in total. The molecule has 1 aromatic rings. The zero-order valence-electron chi connectivity index (χ0n) is 25.9. The first-order valence-electron chi connectivity index (χ1n) is 15.3. The van der Waals surface area contributed by atoms with E-state index in [2.05, 4.69) is 65.6 Å². The molecule has 1 fully saturated rings. The van der Waals surface area contributed by atoms with Gasteiger partial charge in [0.25, 0.3) is 0 Å². The molecule has 0 aliphatic heterocycles. The Labute approximate surface area is 247 Å². The molecule has 9 heteroatoms. The summed E-state index contributed by atoms with van der Waals surface area (Å²) in [5.74, 6) is 7.49. The van der Waals surface area contributed by atoms with Crippen LogP contribution in [0.3, 0.4) is 0 Å². The molecule has 1 aliphatic carbocycles. The molecule has 0 unspecified atom stereocenters. The Balaban J connectivity index is 1.67. The smallest absolute Gasteiger partial charge is 0.407 e. The lowest BCUT2D eigenvalue weighted by Gasteiger charge is -2.25. The molecule has 1 aliphatic rings. The van der Waals surface area contributed by atoms with E-state index in [1.807, 2.05) is 19.9 Å². The number of carbonyl (C=O) groups is 1. The van der Waals surface area contributed by atoms with Gasteiger partial charge in [-0.15, -0.1) is 0 Å². The lowest BCUT2D eigenvalue weighted by atomic mass is 9.85. The number of rotatable bonds is 18. The molecular weight excluding hydrogens is 520 g/mol. The third-order valence-electron chi connectivity index (χ3n) is 6.70. The molecule has 1 amide bonds. The monoisotopic (exact) mass is 572 g/mol. The Morgan fingerprint density at radius 2 is 1.73 bits per heavy atom. The largest absolute Gasteiger partial charge is 0.489 e. The van der Waals surface area contributed by atoms with Crippen LogP contribution in [0.4, 0.5) is 10.5 Å². The predicted octanol–water partition coefficient (Wildman–Crippen LogP) is 6.08. The second-order valence-corrected chi connectivity index (χ2v) is 11.0. The van der Waals surface area contributed by atoms with Crippen molar-refractivity contribution >= 4 is 11.8 Å². The van der Waals surface area contributed by atoms with Crippen LogP contribution in [0.2, 0.25) is 0 Å². The van der Waals surface area contributed by atoms with Gasteiger partial charge in [-0.25, -0.2) is 4.79 Å². The van der Waals surface area contributed by atoms with Crippen LogP contribution in [0.15, 0.2) is 28.4 Å². The molecule has 0 saturated heterocycles. The van der Waals surface area contributed by atoms with Crippen molar-refractivity contribution in [1.29, 1.82) is 0 Å². The highest BCUT2D eigenvalue weighted by molar-refractivity contribution is 5.67. The average molecular weight is 573 g/mol. The molecule has 2 N–H and O–H groups in total. The van der Waals surface area contributed by atoms with Crippen LogP contribution in [0.1, 0.15) is 72.3 Å². The molecule has 0 spiro atoms. The van der Waals surface area contributed by atoms with Gasteiger partial charge in [0, 0.05) is 18.5 Å². The number of amides is 1. The lowest BCUT2D eigenvalue weighted by molar-refractivity contribution is 0.0370. The number of benzene rings is 1. The third-order valence-corrected chi connectivity index (χ3v) is 6.70. The Bertz CT molecular complexity index is 949. The normalized spacial score (nSPS) is 17.0. The van der Waals surface area contributed by atoms with Crippen molar-refractivity contribution < 1.29 is 23.7 Å². The summed E-state index contributed by atoms with van der Waals surface area (Å²) in [5, 5.41) is 15.3. The third kappa shape index (κ3) is 16.4. The second kappa shape index (κ2) is 21.1. The van der Waals surface area contributed by atoms with Gasteiger partial charge in [-0.2, -0.15) is 10.2 Å². The first-order valence-corrected chi connectivity index (χ1v) is 15.3. The van der Waals surface area contributed by atoms with E-state index in [1.165, 1.54) is 5.56 Å². The summed E-state index contributed by atoms with van der Waals surface area (Å²) in [7, 11) is 0. The summed E-state index contributed by atoms with van der Waals surface area (Å²) in [6.45, 7) is 14.7. The molecule has 0 aromatic heterocycles.